The first-order chi connectivity index (χ1) is 16.2. The summed E-state index contributed by atoms with van der Waals surface area (Å²) >= 11 is 1.28. The van der Waals surface area contributed by atoms with Gasteiger partial charge in [-0.3, -0.25) is 24.1 Å². The topological polar surface area (TPSA) is 108 Å². The van der Waals surface area contributed by atoms with E-state index < -0.39 is 11.9 Å². The lowest BCUT2D eigenvalue weighted by atomic mass is 9.85. The molecule has 0 saturated carbocycles. The van der Waals surface area contributed by atoms with Gasteiger partial charge in [0.15, 0.2) is 5.13 Å². The number of imide groups is 1. The SMILES string of the molecule is CC(=O)Nc1ccc(-c2csc(NC(=O)C(CC(C)C)N3C(=O)C4CC=CCC4C3=O)n2)cc1. The number of aromatic nitrogens is 1. The fourth-order valence-electron chi connectivity index (χ4n) is 4.49. The maximum atomic E-state index is 13.3. The van der Waals surface area contributed by atoms with Gasteiger partial charge >= 0.3 is 0 Å². The van der Waals surface area contributed by atoms with Crippen LogP contribution in [0.4, 0.5) is 10.8 Å². The highest BCUT2D eigenvalue weighted by Gasteiger charge is 2.51. The molecule has 1 aliphatic carbocycles. The summed E-state index contributed by atoms with van der Waals surface area (Å²) in [4.78, 5) is 56.3. The molecule has 3 atom stereocenters. The molecule has 178 valence electrons. The minimum atomic E-state index is -0.866. The number of nitrogens with zero attached hydrogens (tertiary/aromatic N) is 2. The molecule has 1 fully saturated rings. The molecule has 1 aromatic heterocycles. The lowest BCUT2D eigenvalue weighted by Gasteiger charge is -2.27. The Labute approximate surface area is 202 Å². The van der Waals surface area contributed by atoms with Gasteiger partial charge in [0.25, 0.3) is 0 Å². The molecule has 2 aliphatic rings. The van der Waals surface area contributed by atoms with Gasteiger partial charge in [-0.05, 0) is 37.3 Å². The molecule has 4 rings (SSSR count). The average Bonchev–Trinajstić information content (AvgIpc) is 3.35. The molecule has 1 aliphatic heterocycles. The lowest BCUT2D eigenvalue weighted by Crippen LogP contribution is -2.48. The number of benzene rings is 1. The van der Waals surface area contributed by atoms with Gasteiger partial charge in [-0.1, -0.05) is 38.1 Å². The second-order valence-electron chi connectivity index (χ2n) is 9.13. The summed E-state index contributed by atoms with van der Waals surface area (Å²) in [5.41, 5.74) is 2.21. The van der Waals surface area contributed by atoms with E-state index >= 15 is 0 Å². The summed E-state index contributed by atoms with van der Waals surface area (Å²) in [6.07, 6.45) is 5.34. The lowest BCUT2D eigenvalue weighted by molar-refractivity contribution is -0.147. The van der Waals surface area contributed by atoms with Crippen molar-refractivity contribution in [1.82, 2.24) is 9.88 Å². The van der Waals surface area contributed by atoms with Crippen LogP contribution < -0.4 is 10.6 Å². The molecule has 9 heteroatoms. The number of amides is 4. The minimum Gasteiger partial charge on any atom is -0.326 e. The van der Waals surface area contributed by atoms with Crippen LogP contribution in [-0.4, -0.2) is 39.6 Å². The van der Waals surface area contributed by atoms with Crippen LogP contribution in [-0.2, 0) is 19.2 Å². The van der Waals surface area contributed by atoms with Crippen LogP contribution in [0.1, 0.15) is 40.0 Å². The third kappa shape index (κ3) is 4.94. The van der Waals surface area contributed by atoms with E-state index in [9.17, 15) is 19.2 Å². The molecule has 0 spiro atoms. The minimum absolute atomic E-state index is 0.117. The number of hydrogen-bond acceptors (Lipinski definition) is 6. The van der Waals surface area contributed by atoms with Crippen LogP contribution in [0.15, 0.2) is 41.8 Å². The van der Waals surface area contributed by atoms with Crippen LogP contribution in [0.25, 0.3) is 11.3 Å². The Bertz CT molecular complexity index is 1110. The molecule has 1 saturated heterocycles. The van der Waals surface area contributed by atoms with Gasteiger partial charge in [0.1, 0.15) is 6.04 Å². The summed E-state index contributed by atoms with van der Waals surface area (Å²) in [5, 5.41) is 7.77. The summed E-state index contributed by atoms with van der Waals surface area (Å²) in [5.74, 6) is -1.67. The molecule has 2 heterocycles. The summed E-state index contributed by atoms with van der Waals surface area (Å²) in [7, 11) is 0. The van der Waals surface area contributed by atoms with Crippen LogP contribution in [0.3, 0.4) is 0 Å². The first-order valence-corrected chi connectivity index (χ1v) is 12.3. The molecule has 34 heavy (non-hydrogen) atoms. The summed E-state index contributed by atoms with van der Waals surface area (Å²) < 4.78 is 0. The normalized spacial score (nSPS) is 20.4. The first kappa shape index (κ1) is 23.8. The third-order valence-electron chi connectivity index (χ3n) is 6.09. The van der Waals surface area contributed by atoms with Crippen molar-refractivity contribution in [2.24, 2.45) is 17.8 Å². The maximum absolute atomic E-state index is 13.3. The average molecular weight is 481 g/mol. The molecule has 4 amide bonds. The Kier molecular flexibility index (Phi) is 6.92. The molecule has 2 N–H and O–H groups in total. The highest BCUT2D eigenvalue weighted by atomic mass is 32.1. The highest BCUT2D eigenvalue weighted by molar-refractivity contribution is 7.14. The number of likely N-dealkylation sites (tertiary alicyclic amines) is 1. The van der Waals surface area contributed by atoms with Crippen molar-refractivity contribution in [3.05, 3.63) is 41.8 Å². The zero-order chi connectivity index (χ0) is 24.4. The van der Waals surface area contributed by atoms with E-state index in [-0.39, 0.29) is 35.5 Å². The van der Waals surface area contributed by atoms with Gasteiger partial charge in [-0.25, -0.2) is 4.98 Å². The van der Waals surface area contributed by atoms with Gasteiger partial charge in [0, 0.05) is 23.6 Å². The molecule has 0 radical (unpaired) electrons. The Balaban J connectivity index is 1.50. The zero-order valence-electron chi connectivity index (χ0n) is 19.4. The quantitative estimate of drug-likeness (QED) is 0.459. The Morgan fingerprint density at radius 1 is 1.06 bits per heavy atom. The fraction of sp³-hybridized carbons (Fsp3) is 0.400. The number of allylic oxidation sites excluding steroid dienone is 2. The van der Waals surface area contributed by atoms with E-state index in [1.54, 1.807) is 12.1 Å². The highest BCUT2D eigenvalue weighted by Crippen LogP contribution is 2.37. The fourth-order valence-corrected chi connectivity index (χ4v) is 5.21. The van der Waals surface area contributed by atoms with Crippen LogP contribution >= 0.6 is 11.3 Å². The van der Waals surface area contributed by atoms with Crippen molar-refractivity contribution in [2.45, 2.75) is 46.1 Å². The van der Waals surface area contributed by atoms with E-state index in [2.05, 4.69) is 15.6 Å². The zero-order valence-corrected chi connectivity index (χ0v) is 20.2. The predicted molar refractivity (Wildman–Crippen MR) is 131 cm³/mol. The van der Waals surface area contributed by atoms with E-state index in [0.717, 1.165) is 5.56 Å². The second-order valence-corrected chi connectivity index (χ2v) is 9.99. The van der Waals surface area contributed by atoms with E-state index in [1.165, 1.54) is 23.2 Å². The number of carbonyl (C=O) groups is 4. The Morgan fingerprint density at radius 3 is 2.24 bits per heavy atom. The van der Waals surface area contributed by atoms with E-state index in [0.29, 0.717) is 35.8 Å². The van der Waals surface area contributed by atoms with Crippen molar-refractivity contribution in [2.75, 3.05) is 10.6 Å². The third-order valence-corrected chi connectivity index (χ3v) is 6.84. The van der Waals surface area contributed by atoms with Crippen molar-refractivity contribution in [1.29, 1.82) is 0 Å². The molecular formula is C25H28N4O4S. The molecule has 1 aromatic carbocycles. The van der Waals surface area contributed by atoms with Crippen molar-refractivity contribution < 1.29 is 19.2 Å². The Hall–Kier alpha value is -3.33. The molecule has 0 bridgehead atoms. The van der Waals surface area contributed by atoms with Crippen LogP contribution in [0.2, 0.25) is 0 Å². The number of anilines is 2. The monoisotopic (exact) mass is 480 g/mol. The predicted octanol–water partition coefficient (Wildman–Crippen LogP) is 4.07. The number of fused-ring (bicyclic) bond motifs is 1. The van der Waals surface area contributed by atoms with Crippen molar-refractivity contribution in [3.63, 3.8) is 0 Å². The van der Waals surface area contributed by atoms with Crippen molar-refractivity contribution >= 4 is 45.8 Å². The summed E-state index contributed by atoms with van der Waals surface area (Å²) in [6.45, 7) is 5.38. The van der Waals surface area contributed by atoms with Crippen LogP contribution in [0, 0.1) is 17.8 Å². The van der Waals surface area contributed by atoms with Gasteiger partial charge in [0.05, 0.1) is 17.5 Å². The number of thiazole rings is 1. The van der Waals surface area contributed by atoms with Gasteiger partial charge in [0.2, 0.25) is 23.6 Å². The smallest absolute Gasteiger partial charge is 0.249 e. The molecular weight excluding hydrogens is 452 g/mol. The number of nitrogens with one attached hydrogen (secondary N) is 2. The second kappa shape index (κ2) is 9.89. The molecule has 3 unspecified atom stereocenters. The van der Waals surface area contributed by atoms with Crippen LogP contribution in [0.5, 0.6) is 0 Å². The molecule has 2 aromatic rings. The van der Waals surface area contributed by atoms with Gasteiger partial charge in [-0.15, -0.1) is 11.3 Å². The molecule has 8 nitrogen and oxygen atoms in total. The largest absolute Gasteiger partial charge is 0.326 e. The van der Waals surface area contributed by atoms with E-state index in [4.69, 9.17) is 0 Å². The summed E-state index contributed by atoms with van der Waals surface area (Å²) in [6, 6.07) is 6.38. The number of rotatable bonds is 7. The number of carbonyl (C=O) groups excluding carboxylic acids is 4. The standard InChI is InChI=1S/C25H28N4O4S/c1-14(2)12-21(29-23(32)18-6-4-5-7-19(18)24(29)33)22(31)28-25-27-20(13-34-25)16-8-10-17(11-9-16)26-15(3)30/h4-5,8-11,13-14,18-19,21H,6-7,12H2,1-3H3,(H,26,30)(H,27,28,31). The first-order valence-electron chi connectivity index (χ1n) is 11.4. The maximum Gasteiger partial charge on any atom is 0.249 e. The van der Waals surface area contributed by atoms with Gasteiger partial charge in [-0.2, -0.15) is 0 Å². The van der Waals surface area contributed by atoms with Gasteiger partial charge < -0.3 is 10.6 Å². The number of hydrogen-bond donors (Lipinski definition) is 2. The van der Waals surface area contributed by atoms with E-state index in [1.807, 2.05) is 43.5 Å². The Morgan fingerprint density at radius 2 is 1.68 bits per heavy atom. The van der Waals surface area contributed by atoms with Crippen molar-refractivity contribution in [3.8, 4) is 11.3 Å².